The van der Waals surface area contributed by atoms with Gasteiger partial charge in [0.1, 0.15) is 5.92 Å². The number of rotatable bonds is 4. The smallest absolute Gasteiger partial charge is 0.312 e. The molecule has 1 amide bonds. The van der Waals surface area contributed by atoms with Gasteiger partial charge in [-0.1, -0.05) is 18.2 Å². The predicted molar refractivity (Wildman–Crippen MR) is 72.3 cm³/mol. The van der Waals surface area contributed by atoms with E-state index in [-0.39, 0.29) is 5.91 Å². The molecule has 102 valence electrons. The standard InChI is InChI=1S/C14H18N2O3/c1-15(2)13(17)7-8-16-9-11(14(18)19)10-5-3-4-6-12(10)16/h3-6,11H,7-9H2,1-2H3,(H,18,19). The molecular formula is C14H18N2O3. The lowest BCUT2D eigenvalue weighted by atomic mass is 10.0. The Morgan fingerprint density at radius 2 is 2.05 bits per heavy atom. The summed E-state index contributed by atoms with van der Waals surface area (Å²) in [6.45, 7) is 0.993. The highest BCUT2D eigenvalue weighted by molar-refractivity contribution is 5.83. The van der Waals surface area contributed by atoms with Crippen LogP contribution < -0.4 is 4.90 Å². The van der Waals surface area contributed by atoms with E-state index in [0.717, 1.165) is 11.3 Å². The number of para-hydroxylation sites is 1. The predicted octanol–water partition coefficient (Wildman–Crippen LogP) is 1.15. The van der Waals surface area contributed by atoms with Crippen molar-refractivity contribution in [3.05, 3.63) is 29.8 Å². The zero-order chi connectivity index (χ0) is 14.0. The number of fused-ring (bicyclic) bond motifs is 1. The van der Waals surface area contributed by atoms with Crippen molar-refractivity contribution < 1.29 is 14.7 Å². The average Bonchev–Trinajstić information content (AvgIpc) is 2.75. The number of carboxylic acids is 1. The Hall–Kier alpha value is -2.04. The lowest BCUT2D eigenvalue weighted by Crippen LogP contribution is -2.30. The van der Waals surface area contributed by atoms with E-state index < -0.39 is 11.9 Å². The summed E-state index contributed by atoms with van der Waals surface area (Å²) >= 11 is 0. The molecule has 2 rings (SSSR count). The van der Waals surface area contributed by atoms with Gasteiger partial charge in [0.15, 0.2) is 0 Å². The van der Waals surface area contributed by atoms with Crippen molar-refractivity contribution in [1.82, 2.24) is 4.90 Å². The molecule has 1 aliphatic heterocycles. The Morgan fingerprint density at radius 3 is 2.68 bits per heavy atom. The van der Waals surface area contributed by atoms with Gasteiger partial charge in [0.25, 0.3) is 0 Å². The normalized spacial score (nSPS) is 17.2. The lowest BCUT2D eigenvalue weighted by molar-refractivity contribution is -0.138. The highest BCUT2D eigenvalue weighted by Crippen LogP contribution is 2.36. The number of hydrogen-bond acceptors (Lipinski definition) is 3. The van der Waals surface area contributed by atoms with E-state index >= 15 is 0 Å². The van der Waals surface area contributed by atoms with Gasteiger partial charge < -0.3 is 14.9 Å². The minimum Gasteiger partial charge on any atom is -0.481 e. The largest absolute Gasteiger partial charge is 0.481 e. The second kappa shape index (κ2) is 5.30. The number of carbonyl (C=O) groups is 2. The van der Waals surface area contributed by atoms with E-state index in [1.165, 1.54) is 0 Å². The maximum Gasteiger partial charge on any atom is 0.312 e. The molecule has 0 saturated heterocycles. The van der Waals surface area contributed by atoms with Crippen LogP contribution in [-0.4, -0.2) is 49.1 Å². The Balaban J connectivity index is 2.12. The number of nitrogens with zero attached hydrogens (tertiary/aromatic N) is 2. The van der Waals surface area contributed by atoms with E-state index in [1.807, 2.05) is 29.2 Å². The van der Waals surface area contributed by atoms with Crippen molar-refractivity contribution in [2.24, 2.45) is 0 Å². The van der Waals surface area contributed by atoms with E-state index in [0.29, 0.717) is 19.5 Å². The molecule has 1 N–H and O–H groups in total. The maximum atomic E-state index is 11.6. The summed E-state index contributed by atoms with van der Waals surface area (Å²) < 4.78 is 0. The second-order valence-electron chi connectivity index (χ2n) is 4.93. The molecule has 0 aromatic heterocycles. The van der Waals surface area contributed by atoms with Crippen LogP contribution in [0.2, 0.25) is 0 Å². The SMILES string of the molecule is CN(C)C(=O)CCN1CC(C(=O)O)c2ccccc21. The third-order valence-corrected chi connectivity index (χ3v) is 3.45. The molecule has 0 saturated carbocycles. The van der Waals surface area contributed by atoms with E-state index in [1.54, 1.807) is 19.0 Å². The van der Waals surface area contributed by atoms with Crippen LogP contribution in [0, 0.1) is 0 Å². The molecule has 19 heavy (non-hydrogen) atoms. The molecule has 0 radical (unpaired) electrons. The lowest BCUT2D eigenvalue weighted by Gasteiger charge is -2.20. The molecule has 5 heteroatoms. The van der Waals surface area contributed by atoms with Gasteiger partial charge in [-0.05, 0) is 11.6 Å². The number of anilines is 1. The Morgan fingerprint density at radius 1 is 1.37 bits per heavy atom. The van der Waals surface area contributed by atoms with E-state index in [4.69, 9.17) is 0 Å². The van der Waals surface area contributed by atoms with Crippen LogP contribution in [0.1, 0.15) is 17.9 Å². The van der Waals surface area contributed by atoms with Crippen molar-refractivity contribution in [3.63, 3.8) is 0 Å². The topological polar surface area (TPSA) is 60.9 Å². The summed E-state index contributed by atoms with van der Waals surface area (Å²) in [5.41, 5.74) is 1.77. The van der Waals surface area contributed by atoms with Gasteiger partial charge in [0, 0.05) is 39.3 Å². The van der Waals surface area contributed by atoms with Gasteiger partial charge in [-0.2, -0.15) is 0 Å². The minimum atomic E-state index is -0.811. The summed E-state index contributed by atoms with van der Waals surface area (Å²) in [7, 11) is 3.45. The van der Waals surface area contributed by atoms with Gasteiger partial charge in [-0.15, -0.1) is 0 Å². The Bertz CT molecular complexity index is 499. The third kappa shape index (κ3) is 2.70. The Kier molecular flexibility index (Phi) is 3.74. The molecule has 1 aromatic rings. The first-order valence-corrected chi connectivity index (χ1v) is 6.27. The molecule has 0 aliphatic carbocycles. The number of amides is 1. The monoisotopic (exact) mass is 262 g/mol. The zero-order valence-electron chi connectivity index (χ0n) is 11.2. The van der Waals surface area contributed by atoms with Gasteiger partial charge in [-0.25, -0.2) is 0 Å². The van der Waals surface area contributed by atoms with Crippen LogP contribution in [0.25, 0.3) is 0 Å². The molecular weight excluding hydrogens is 244 g/mol. The third-order valence-electron chi connectivity index (χ3n) is 3.45. The second-order valence-corrected chi connectivity index (χ2v) is 4.93. The molecule has 5 nitrogen and oxygen atoms in total. The highest BCUT2D eigenvalue weighted by Gasteiger charge is 2.33. The zero-order valence-corrected chi connectivity index (χ0v) is 11.2. The number of carbonyl (C=O) groups excluding carboxylic acids is 1. The summed E-state index contributed by atoms with van der Waals surface area (Å²) in [6, 6.07) is 7.51. The van der Waals surface area contributed by atoms with Crippen molar-refractivity contribution >= 4 is 17.6 Å². The first kappa shape index (κ1) is 13.4. The summed E-state index contributed by atoms with van der Waals surface area (Å²) in [6.07, 6.45) is 0.397. The quantitative estimate of drug-likeness (QED) is 0.884. The number of benzene rings is 1. The maximum absolute atomic E-state index is 11.6. The van der Waals surface area contributed by atoms with Gasteiger partial charge in [0.2, 0.25) is 5.91 Å². The van der Waals surface area contributed by atoms with Gasteiger partial charge >= 0.3 is 5.97 Å². The summed E-state index contributed by atoms with van der Waals surface area (Å²) in [5.74, 6) is -1.25. The molecule has 1 aliphatic rings. The van der Waals surface area contributed by atoms with Crippen molar-refractivity contribution in [2.45, 2.75) is 12.3 Å². The van der Waals surface area contributed by atoms with Crippen LogP contribution in [0.5, 0.6) is 0 Å². The first-order chi connectivity index (χ1) is 9.00. The highest BCUT2D eigenvalue weighted by atomic mass is 16.4. The number of hydrogen-bond donors (Lipinski definition) is 1. The fourth-order valence-electron chi connectivity index (χ4n) is 2.36. The van der Waals surface area contributed by atoms with Crippen LogP contribution in [0.4, 0.5) is 5.69 Å². The average molecular weight is 262 g/mol. The molecule has 0 bridgehead atoms. The Labute approximate surface area is 112 Å². The van der Waals surface area contributed by atoms with E-state index in [2.05, 4.69) is 0 Å². The van der Waals surface area contributed by atoms with Crippen LogP contribution >= 0.6 is 0 Å². The van der Waals surface area contributed by atoms with Crippen LogP contribution in [-0.2, 0) is 9.59 Å². The number of carboxylic acid groups (broad SMARTS) is 1. The van der Waals surface area contributed by atoms with Crippen LogP contribution in [0.15, 0.2) is 24.3 Å². The molecule has 1 unspecified atom stereocenters. The summed E-state index contributed by atoms with van der Waals surface area (Å²) in [4.78, 5) is 26.4. The molecule has 0 fully saturated rings. The fraction of sp³-hybridized carbons (Fsp3) is 0.429. The van der Waals surface area contributed by atoms with Crippen LogP contribution in [0.3, 0.4) is 0 Å². The minimum absolute atomic E-state index is 0.0521. The molecule has 1 aromatic carbocycles. The molecule has 1 atom stereocenters. The van der Waals surface area contributed by atoms with Gasteiger partial charge in [-0.3, -0.25) is 9.59 Å². The number of aliphatic carboxylic acids is 1. The summed E-state index contributed by atoms with van der Waals surface area (Å²) in [5, 5.41) is 9.24. The fourth-order valence-corrected chi connectivity index (χ4v) is 2.36. The molecule has 0 spiro atoms. The van der Waals surface area contributed by atoms with Gasteiger partial charge in [0.05, 0.1) is 0 Å². The van der Waals surface area contributed by atoms with Crippen molar-refractivity contribution in [2.75, 3.05) is 32.1 Å². The first-order valence-electron chi connectivity index (χ1n) is 6.27. The molecule has 1 heterocycles. The van der Waals surface area contributed by atoms with E-state index in [9.17, 15) is 14.7 Å². The van der Waals surface area contributed by atoms with Crippen molar-refractivity contribution in [3.8, 4) is 0 Å². The van der Waals surface area contributed by atoms with Crippen molar-refractivity contribution in [1.29, 1.82) is 0 Å².